The van der Waals surface area contributed by atoms with Crippen molar-refractivity contribution in [1.29, 1.82) is 0 Å². The highest BCUT2D eigenvalue weighted by molar-refractivity contribution is 6.32. The number of benzene rings is 2. The smallest absolute Gasteiger partial charge is 0.176 e. The molecule has 1 unspecified atom stereocenters. The van der Waals surface area contributed by atoms with Crippen LogP contribution in [0.3, 0.4) is 0 Å². The summed E-state index contributed by atoms with van der Waals surface area (Å²) in [6.07, 6.45) is -0.848. The molecule has 2 aromatic carbocycles. The van der Waals surface area contributed by atoms with Crippen LogP contribution in [0, 0.1) is 12.7 Å². The molecule has 0 amide bonds. The first-order chi connectivity index (χ1) is 10.5. The summed E-state index contributed by atoms with van der Waals surface area (Å²) in [6, 6.07) is 9.97. The fourth-order valence-corrected chi connectivity index (χ4v) is 2.86. The molecule has 5 heteroatoms. The molecule has 0 aliphatic carbocycles. The molecular weight excluding hydrogens is 303 g/mol. The Balaban J connectivity index is 2.27. The van der Waals surface area contributed by atoms with Crippen molar-refractivity contribution in [3.8, 4) is 0 Å². The monoisotopic (exact) mass is 316 g/mol. The Morgan fingerprint density at radius 1 is 1.32 bits per heavy atom. The average molecular weight is 317 g/mol. The minimum Gasteiger partial charge on any atom is -0.303 e. The van der Waals surface area contributed by atoms with E-state index in [2.05, 4.69) is 4.99 Å². The summed E-state index contributed by atoms with van der Waals surface area (Å²) in [4.78, 5) is 16.4. The molecule has 22 heavy (non-hydrogen) atoms. The highest BCUT2D eigenvalue weighted by atomic mass is 35.5. The summed E-state index contributed by atoms with van der Waals surface area (Å²) < 4.78 is 13.7. The van der Waals surface area contributed by atoms with Crippen LogP contribution in [0.4, 0.5) is 4.39 Å². The Bertz CT molecular complexity index is 781. The Hall–Kier alpha value is -2.04. The summed E-state index contributed by atoms with van der Waals surface area (Å²) in [5.41, 5.74) is 9.10. The Morgan fingerprint density at radius 2 is 2.09 bits per heavy atom. The number of aliphatic imine (C=N–C) groups is 1. The summed E-state index contributed by atoms with van der Waals surface area (Å²) >= 11 is 6.22. The highest BCUT2D eigenvalue weighted by Gasteiger charge is 2.25. The molecule has 0 bridgehead atoms. The molecule has 0 aromatic heterocycles. The molecule has 112 valence electrons. The highest BCUT2D eigenvalue weighted by Crippen LogP contribution is 2.27. The van der Waals surface area contributed by atoms with E-state index in [-0.39, 0.29) is 18.0 Å². The van der Waals surface area contributed by atoms with Gasteiger partial charge in [-0.05, 0) is 42.3 Å². The predicted octanol–water partition coefficient (Wildman–Crippen LogP) is 3.03. The Kier molecular flexibility index (Phi) is 3.81. The van der Waals surface area contributed by atoms with E-state index in [0.29, 0.717) is 21.9 Å². The van der Waals surface area contributed by atoms with Gasteiger partial charge in [0.2, 0.25) is 0 Å². The lowest BCUT2D eigenvalue weighted by molar-refractivity contribution is -0.119. The predicted molar refractivity (Wildman–Crippen MR) is 84.9 cm³/mol. The Morgan fingerprint density at radius 3 is 2.82 bits per heavy atom. The zero-order chi connectivity index (χ0) is 15.9. The first kappa shape index (κ1) is 14.9. The molecule has 0 saturated carbocycles. The molecule has 1 aliphatic heterocycles. The van der Waals surface area contributed by atoms with Gasteiger partial charge in [0.1, 0.15) is 5.82 Å². The maximum absolute atomic E-state index is 13.7. The van der Waals surface area contributed by atoms with Gasteiger partial charge in [0.05, 0.1) is 5.71 Å². The number of halogens is 2. The largest absolute Gasteiger partial charge is 0.303 e. The van der Waals surface area contributed by atoms with E-state index in [0.717, 1.165) is 11.1 Å². The molecule has 0 fully saturated rings. The molecule has 1 heterocycles. The maximum atomic E-state index is 13.7. The van der Waals surface area contributed by atoms with Crippen molar-refractivity contribution >= 4 is 23.1 Å². The number of carbonyl (C=O) groups is 1. The van der Waals surface area contributed by atoms with Gasteiger partial charge in [-0.25, -0.2) is 4.39 Å². The van der Waals surface area contributed by atoms with E-state index in [1.807, 2.05) is 12.1 Å². The lowest BCUT2D eigenvalue weighted by Crippen LogP contribution is -2.29. The van der Waals surface area contributed by atoms with Gasteiger partial charge in [-0.15, -0.1) is 0 Å². The van der Waals surface area contributed by atoms with Crippen molar-refractivity contribution < 1.29 is 9.18 Å². The van der Waals surface area contributed by atoms with Crippen molar-refractivity contribution in [2.45, 2.75) is 19.5 Å². The third kappa shape index (κ3) is 2.67. The third-order valence-corrected chi connectivity index (χ3v) is 3.99. The van der Waals surface area contributed by atoms with Gasteiger partial charge in [0.25, 0.3) is 0 Å². The standard InChI is InChI=1S/C17H14ClFN2O/c1-9-5-10(7-11(19)6-9)16-12-3-2-4-14(18)13(12)8-15(22)17(20)21-16/h2-7,17H,8,20H2,1H3. The van der Waals surface area contributed by atoms with E-state index in [4.69, 9.17) is 17.3 Å². The van der Waals surface area contributed by atoms with Crippen LogP contribution < -0.4 is 5.73 Å². The molecule has 2 N–H and O–H groups in total. The van der Waals surface area contributed by atoms with Gasteiger partial charge in [-0.1, -0.05) is 23.7 Å². The first-order valence-corrected chi connectivity index (χ1v) is 7.25. The molecular formula is C17H14ClFN2O. The number of Topliss-reactive ketones (excluding diaryl/α,β-unsaturated/α-hetero) is 1. The molecule has 1 atom stereocenters. The number of nitrogens with two attached hydrogens (primary N) is 1. The summed E-state index contributed by atoms with van der Waals surface area (Å²) in [6.45, 7) is 1.80. The number of carbonyl (C=O) groups excluding carboxylic acids is 1. The summed E-state index contributed by atoms with van der Waals surface area (Å²) in [5, 5.41) is 0.487. The number of ketones is 1. The molecule has 1 aliphatic rings. The number of fused-ring (bicyclic) bond motifs is 1. The zero-order valence-electron chi connectivity index (χ0n) is 11.9. The minimum absolute atomic E-state index is 0.122. The van der Waals surface area contributed by atoms with Crippen molar-refractivity contribution in [2.24, 2.45) is 10.7 Å². The number of nitrogens with zero attached hydrogens (tertiary/aromatic N) is 1. The van der Waals surface area contributed by atoms with Gasteiger partial charge >= 0.3 is 0 Å². The normalized spacial score (nSPS) is 17.7. The second-order valence-corrected chi connectivity index (χ2v) is 5.76. The van der Waals surface area contributed by atoms with E-state index in [1.165, 1.54) is 12.1 Å². The fraction of sp³-hybridized carbons (Fsp3) is 0.176. The number of rotatable bonds is 1. The van der Waals surface area contributed by atoms with Crippen LogP contribution in [-0.2, 0) is 11.2 Å². The van der Waals surface area contributed by atoms with Crippen LogP contribution in [0.25, 0.3) is 0 Å². The molecule has 2 aromatic rings. The van der Waals surface area contributed by atoms with Crippen LogP contribution in [0.5, 0.6) is 0 Å². The number of hydrogen-bond acceptors (Lipinski definition) is 3. The third-order valence-electron chi connectivity index (χ3n) is 3.64. The zero-order valence-corrected chi connectivity index (χ0v) is 12.7. The fourth-order valence-electron chi connectivity index (χ4n) is 2.62. The quantitative estimate of drug-likeness (QED) is 0.879. The SMILES string of the molecule is Cc1cc(F)cc(C2=NC(N)C(=O)Cc3c(Cl)cccc32)c1. The van der Waals surface area contributed by atoms with E-state index < -0.39 is 6.17 Å². The second kappa shape index (κ2) is 5.63. The van der Waals surface area contributed by atoms with Crippen LogP contribution in [0.15, 0.2) is 41.4 Å². The van der Waals surface area contributed by atoms with Crippen molar-refractivity contribution in [3.05, 3.63) is 69.5 Å². The number of hydrogen-bond donors (Lipinski definition) is 1. The molecule has 3 nitrogen and oxygen atoms in total. The summed E-state index contributed by atoms with van der Waals surface area (Å²) in [5.74, 6) is -0.567. The Labute approximate surface area is 132 Å². The molecule has 0 spiro atoms. The topological polar surface area (TPSA) is 55.4 Å². The van der Waals surface area contributed by atoms with Gasteiger partial charge in [0.15, 0.2) is 11.9 Å². The van der Waals surface area contributed by atoms with Gasteiger partial charge in [0, 0.05) is 22.6 Å². The van der Waals surface area contributed by atoms with Crippen LogP contribution in [-0.4, -0.2) is 17.7 Å². The first-order valence-electron chi connectivity index (χ1n) is 6.87. The van der Waals surface area contributed by atoms with Crippen molar-refractivity contribution in [3.63, 3.8) is 0 Å². The molecule has 0 saturated heterocycles. The average Bonchev–Trinajstić information content (AvgIpc) is 2.57. The van der Waals surface area contributed by atoms with E-state index >= 15 is 0 Å². The van der Waals surface area contributed by atoms with Crippen LogP contribution in [0.1, 0.15) is 22.3 Å². The van der Waals surface area contributed by atoms with Crippen LogP contribution in [0.2, 0.25) is 5.02 Å². The minimum atomic E-state index is -0.970. The lowest BCUT2D eigenvalue weighted by atomic mass is 9.95. The molecule has 3 rings (SSSR count). The number of aryl methyl sites for hydroxylation is 1. The molecule has 0 radical (unpaired) electrons. The summed E-state index contributed by atoms with van der Waals surface area (Å²) in [7, 11) is 0. The van der Waals surface area contributed by atoms with Crippen molar-refractivity contribution in [2.75, 3.05) is 0 Å². The van der Waals surface area contributed by atoms with Gasteiger partial charge in [-0.2, -0.15) is 0 Å². The van der Waals surface area contributed by atoms with Crippen LogP contribution >= 0.6 is 11.6 Å². The van der Waals surface area contributed by atoms with Crippen molar-refractivity contribution in [1.82, 2.24) is 0 Å². The van der Waals surface area contributed by atoms with E-state index in [1.54, 1.807) is 19.1 Å². The second-order valence-electron chi connectivity index (χ2n) is 5.35. The lowest BCUT2D eigenvalue weighted by Gasteiger charge is -2.11. The van der Waals surface area contributed by atoms with Gasteiger partial charge in [-0.3, -0.25) is 9.79 Å². The van der Waals surface area contributed by atoms with E-state index in [9.17, 15) is 9.18 Å². The van der Waals surface area contributed by atoms with Gasteiger partial charge < -0.3 is 5.73 Å². The maximum Gasteiger partial charge on any atom is 0.176 e.